The van der Waals surface area contributed by atoms with Crippen LogP contribution < -0.4 is 32.7 Å². The predicted octanol–water partition coefficient (Wildman–Crippen LogP) is 0.518. The van der Waals surface area contributed by atoms with E-state index in [4.69, 9.17) is 21.9 Å². The molecule has 0 unspecified atom stereocenters. The zero-order valence-corrected chi connectivity index (χ0v) is 28.7. The maximum Gasteiger partial charge on any atom is 0.409 e. The molecule has 1 aromatic rings. The van der Waals surface area contributed by atoms with Crippen molar-refractivity contribution in [2.75, 3.05) is 45.2 Å². The summed E-state index contributed by atoms with van der Waals surface area (Å²) in [4.78, 5) is 92.3. The van der Waals surface area contributed by atoms with Gasteiger partial charge in [0.15, 0.2) is 11.3 Å². The van der Waals surface area contributed by atoms with Crippen LogP contribution in [-0.4, -0.2) is 103 Å². The molecular weight excluding hydrogens is 636 g/mol. The Labute approximate surface area is 286 Å². The molecule has 0 aromatic heterocycles. The number of carbonyl (C=O) groups is 7. The van der Waals surface area contributed by atoms with Gasteiger partial charge >= 0.3 is 12.1 Å². The number of unbranched alkanes of at least 4 members (excludes halogenated alkanes) is 2. The van der Waals surface area contributed by atoms with E-state index in [0.717, 1.165) is 9.80 Å². The van der Waals surface area contributed by atoms with E-state index in [0.29, 0.717) is 44.3 Å². The van der Waals surface area contributed by atoms with E-state index < -0.39 is 47.2 Å². The van der Waals surface area contributed by atoms with Crippen molar-refractivity contribution in [2.24, 2.45) is 23.1 Å². The SMILES string of the molecule is CNCCN(C)C(=O)OCc1ccc(N(C(N)=O)[C@@H](CCCN)C(=O)NC(=O)[C@](N)(C(=O)CCCCCN2C(=O)C=CC2=O)C(C)C)cc1. The van der Waals surface area contributed by atoms with Crippen LogP contribution in [0, 0.1) is 5.92 Å². The maximum absolute atomic E-state index is 13.6. The van der Waals surface area contributed by atoms with Gasteiger partial charge in [-0.15, -0.1) is 0 Å². The Bertz CT molecular complexity index is 1360. The Kier molecular flexibility index (Phi) is 16.0. The molecular formula is C33H50N8O8. The molecule has 0 aliphatic carbocycles. The molecule has 8 N–H and O–H groups in total. The fourth-order valence-corrected chi connectivity index (χ4v) is 5.13. The molecule has 16 heteroatoms. The number of urea groups is 1. The van der Waals surface area contributed by atoms with Crippen molar-refractivity contribution in [1.82, 2.24) is 20.4 Å². The van der Waals surface area contributed by atoms with Gasteiger partial charge in [0.2, 0.25) is 5.91 Å². The van der Waals surface area contributed by atoms with Crippen molar-refractivity contribution in [3.05, 3.63) is 42.0 Å². The van der Waals surface area contributed by atoms with Crippen molar-refractivity contribution < 1.29 is 38.3 Å². The van der Waals surface area contributed by atoms with E-state index in [1.165, 1.54) is 29.2 Å². The summed E-state index contributed by atoms with van der Waals surface area (Å²) in [5, 5.41) is 5.19. The molecule has 0 radical (unpaired) electrons. The molecule has 0 bridgehead atoms. The second-order valence-electron chi connectivity index (χ2n) is 12.1. The summed E-state index contributed by atoms with van der Waals surface area (Å²) in [5.74, 6) is -3.97. The van der Waals surface area contributed by atoms with Crippen LogP contribution in [0.15, 0.2) is 36.4 Å². The first kappa shape index (κ1) is 40.5. The lowest BCUT2D eigenvalue weighted by Crippen LogP contribution is -2.65. The van der Waals surface area contributed by atoms with Gasteiger partial charge in [-0.05, 0) is 62.9 Å². The number of ether oxygens (including phenoxy) is 1. The second kappa shape index (κ2) is 19.4. The van der Waals surface area contributed by atoms with Gasteiger partial charge in [0.25, 0.3) is 17.7 Å². The van der Waals surface area contributed by atoms with Gasteiger partial charge in [0.1, 0.15) is 12.6 Å². The van der Waals surface area contributed by atoms with Crippen LogP contribution in [0.25, 0.3) is 0 Å². The first-order valence-electron chi connectivity index (χ1n) is 16.3. The van der Waals surface area contributed by atoms with Crippen molar-refractivity contribution in [1.29, 1.82) is 0 Å². The summed E-state index contributed by atoms with van der Waals surface area (Å²) in [6.07, 6.45) is 3.44. The van der Waals surface area contributed by atoms with Crippen LogP contribution in [-0.2, 0) is 35.3 Å². The summed E-state index contributed by atoms with van der Waals surface area (Å²) in [6, 6.07) is 4.03. The molecule has 16 nitrogen and oxygen atoms in total. The molecule has 0 fully saturated rings. The number of hydrogen-bond acceptors (Lipinski definition) is 11. The highest BCUT2D eigenvalue weighted by Crippen LogP contribution is 2.23. The summed E-state index contributed by atoms with van der Waals surface area (Å²) in [6.45, 7) is 4.57. The van der Waals surface area contributed by atoms with Gasteiger partial charge in [-0.1, -0.05) is 32.4 Å². The third-order valence-corrected chi connectivity index (χ3v) is 8.29. The van der Waals surface area contributed by atoms with Crippen LogP contribution >= 0.6 is 0 Å². The Balaban J connectivity index is 2.12. The highest BCUT2D eigenvalue weighted by atomic mass is 16.6. The summed E-state index contributed by atoms with van der Waals surface area (Å²) < 4.78 is 5.32. The lowest BCUT2D eigenvalue weighted by atomic mass is 9.80. The molecule has 49 heavy (non-hydrogen) atoms. The number of carbonyl (C=O) groups excluding carboxylic acids is 7. The highest BCUT2D eigenvalue weighted by Gasteiger charge is 2.45. The highest BCUT2D eigenvalue weighted by molar-refractivity contribution is 6.16. The lowest BCUT2D eigenvalue weighted by Gasteiger charge is -2.33. The molecule has 2 atom stereocenters. The van der Waals surface area contributed by atoms with Gasteiger partial charge in [0, 0.05) is 50.9 Å². The van der Waals surface area contributed by atoms with Crippen molar-refractivity contribution in [3.8, 4) is 0 Å². The number of nitrogens with one attached hydrogen (secondary N) is 2. The average molecular weight is 687 g/mol. The van der Waals surface area contributed by atoms with Crippen LogP contribution in [0.1, 0.15) is 57.9 Å². The number of rotatable bonds is 20. The van der Waals surface area contributed by atoms with E-state index in [1.54, 1.807) is 40.1 Å². The third kappa shape index (κ3) is 11.2. The number of hydrogen-bond donors (Lipinski definition) is 5. The van der Waals surface area contributed by atoms with E-state index >= 15 is 0 Å². The first-order valence-corrected chi connectivity index (χ1v) is 16.3. The zero-order valence-electron chi connectivity index (χ0n) is 28.7. The number of Topliss-reactive ketones (excluding diaryl/α,β-unsaturated/α-hetero) is 1. The van der Waals surface area contributed by atoms with Gasteiger partial charge < -0.3 is 32.2 Å². The number of primary amides is 1. The minimum absolute atomic E-state index is 0.0394. The molecule has 0 saturated heterocycles. The van der Waals surface area contributed by atoms with Crippen LogP contribution in [0.5, 0.6) is 0 Å². The van der Waals surface area contributed by atoms with Crippen molar-refractivity contribution in [2.45, 2.75) is 70.6 Å². The lowest BCUT2D eigenvalue weighted by molar-refractivity contribution is -0.142. The van der Waals surface area contributed by atoms with E-state index in [1.807, 2.05) is 0 Å². The molecule has 1 heterocycles. The maximum atomic E-state index is 13.6. The first-order chi connectivity index (χ1) is 23.2. The number of benzene rings is 1. The molecule has 1 aromatic carbocycles. The number of nitrogens with zero attached hydrogens (tertiary/aromatic N) is 3. The Morgan fingerprint density at radius 1 is 0.980 bits per heavy atom. The quantitative estimate of drug-likeness (QED) is 0.0719. The standard InChI is InChI=1S/C33H50N8O8/c1-22(2)33(36,26(42)10-6-5-7-19-40-27(43)15-16-28(40)44)30(46)38-29(45)25(9-8-17-34)41(31(35)47)24-13-11-23(12-14-24)21-49-32(48)39(4)20-18-37-3/h11-16,22,25,37H,5-10,17-21,34,36H2,1-4H3,(H2,35,47)(H,38,45,46)/t25-,33+/m0/s1. The summed E-state index contributed by atoms with van der Waals surface area (Å²) in [5.41, 5.74) is 16.6. The largest absolute Gasteiger partial charge is 0.445 e. The van der Waals surface area contributed by atoms with Gasteiger partial charge in [-0.2, -0.15) is 0 Å². The van der Waals surface area contributed by atoms with Crippen LogP contribution in [0.2, 0.25) is 0 Å². The average Bonchev–Trinajstić information content (AvgIpc) is 3.39. The van der Waals surface area contributed by atoms with E-state index in [-0.39, 0.29) is 50.0 Å². The normalized spacial score (nSPS) is 14.4. The van der Waals surface area contributed by atoms with Crippen molar-refractivity contribution in [3.63, 3.8) is 0 Å². The molecule has 2 rings (SSSR count). The molecule has 1 aliphatic rings. The Hall–Kier alpha value is -4.67. The molecule has 270 valence electrons. The van der Waals surface area contributed by atoms with Gasteiger partial charge in [-0.3, -0.25) is 39.1 Å². The topological polar surface area (TPSA) is 241 Å². The van der Waals surface area contributed by atoms with Crippen LogP contribution in [0.4, 0.5) is 15.3 Å². The Morgan fingerprint density at radius 2 is 1.61 bits per heavy atom. The molecule has 7 amide bonds. The smallest absolute Gasteiger partial charge is 0.409 e. The second-order valence-corrected chi connectivity index (χ2v) is 12.1. The molecule has 0 saturated carbocycles. The van der Waals surface area contributed by atoms with E-state index in [9.17, 15) is 33.6 Å². The number of anilines is 1. The minimum atomic E-state index is -2.06. The fraction of sp³-hybridized carbons (Fsp3) is 0.545. The summed E-state index contributed by atoms with van der Waals surface area (Å²) >= 11 is 0. The third-order valence-electron chi connectivity index (χ3n) is 8.29. The zero-order chi connectivity index (χ0) is 36.7. The Morgan fingerprint density at radius 3 is 2.16 bits per heavy atom. The fourth-order valence-electron chi connectivity index (χ4n) is 5.13. The van der Waals surface area contributed by atoms with E-state index in [2.05, 4.69) is 10.6 Å². The number of nitrogens with two attached hydrogens (primary N) is 3. The predicted molar refractivity (Wildman–Crippen MR) is 182 cm³/mol. The molecule has 1 aliphatic heterocycles. The minimum Gasteiger partial charge on any atom is -0.445 e. The molecule has 0 spiro atoms. The summed E-state index contributed by atoms with van der Waals surface area (Å²) in [7, 11) is 3.38. The number of imide groups is 2. The monoisotopic (exact) mass is 686 g/mol. The van der Waals surface area contributed by atoms with Crippen LogP contribution in [0.3, 0.4) is 0 Å². The van der Waals surface area contributed by atoms with Crippen molar-refractivity contribution >= 4 is 47.2 Å². The van der Waals surface area contributed by atoms with Gasteiger partial charge in [0.05, 0.1) is 0 Å². The number of amides is 7. The number of likely N-dealkylation sites (N-methyl/N-ethyl adjacent to an activating group) is 2. The van der Waals surface area contributed by atoms with Gasteiger partial charge in [-0.25, -0.2) is 9.59 Å². The number of ketones is 1.